The molecule has 1 heterocycles. The zero-order valence-electron chi connectivity index (χ0n) is 10.7. The molecule has 0 saturated carbocycles. The highest BCUT2D eigenvalue weighted by molar-refractivity contribution is 7.13. The first-order chi connectivity index (χ1) is 10.2. The van der Waals surface area contributed by atoms with E-state index < -0.39 is 6.16 Å². The largest absolute Gasteiger partial charge is 0.514 e. The van der Waals surface area contributed by atoms with Crippen LogP contribution >= 0.6 is 23.1 Å². The molecule has 0 radical (unpaired) electrons. The van der Waals surface area contributed by atoms with Crippen LogP contribution in [-0.4, -0.2) is 15.7 Å². The molecule has 0 saturated heterocycles. The zero-order chi connectivity index (χ0) is 14.7. The van der Waals surface area contributed by atoms with Crippen molar-refractivity contribution in [2.75, 3.05) is 0 Å². The van der Waals surface area contributed by atoms with E-state index in [1.807, 2.05) is 30.3 Å². The first-order valence-corrected chi connectivity index (χ1v) is 7.18. The van der Waals surface area contributed by atoms with Crippen molar-refractivity contribution in [1.82, 2.24) is 9.59 Å². The highest BCUT2D eigenvalue weighted by atomic mass is 35.5. The summed E-state index contributed by atoms with van der Waals surface area (Å²) in [5.74, 6) is 0.168. The minimum absolute atomic E-state index is 0.128. The second-order valence-electron chi connectivity index (χ2n) is 4.12. The fraction of sp³-hybridized carbons (Fsp3) is 0.0714. The van der Waals surface area contributed by atoms with Gasteiger partial charge >= 0.3 is 6.16 Å². The lowest BCUT2D eigenvalue weighted by Crippen LogP contribution is -2.11. The number of hydrogen-bond acceptors (Lipinski definition) is 6. The van der Waals surface area contributed by atoms with Gasteiger partial charge < -0.3 is 9.47 Å². The van der Waals surface area contributed by atoms with Gasteiger partial charge in [0.2, 0.25) is 0 Å². The van der Waals surface area contributed by atoms with Crippen LogP contribution in [0.2, 0.25) is 5.02 Å². The molecule has 1 aromatic heterocycles. The van der Waals surface area contributed by atoms with Crippen LogP contribution in [0.1, 0.15) is 5.56 Å². The normalized spacial score (nSPS) is 10.5. The summed E-state index contributed by atoms with van der Waals surface area (Å²) in [4.78, 5) is 11.8. The summed E-state index contributed by atoms with van der Waals surface area (Å²) < 4.78 is 14.8. The molecule has 0 aliphatic heterocycles. The molecule has 0 fully saturated rings. The predicted octanol–water partition coefficient (Wildman–Crippen LogP) is 4.06. The molecule has 5 nitrogen and oxygen atoms in total. The highest BCUT2D eigenvalue weighted by Gasteiger charge is 2.16. The van der Waals surface area contributed by atoms with Crippen LogP contribution in [0.15, 0.2) is 42.5 Å². The highest BCUT2D eigenvalue weighted by Crippen LogP contribution is 2.33. The molecule has 0 unspecified atom stereocenters. The molecular formula is C14H9ClN2O3S. The number of benzene rings is 2. The monoisotopic (exact) mass is 320 g/mol. The number of aromatic nitrogens is 2. The van der Waals surface area contributed by atoms with Gasteiger partial charge in [0.25, 0.3) is 0 Å². The lowest BCUT2D eigenvalue weighted by molar-refractivity contribution is 0.0932. The van der Waals surface area contributed by atoms with E-state index in [0.29, 0.717) is 5.52 Å². The number of rotatable bonds is 3. The number of hydrogen-bond donors (Lipinski definition) is 0. The maximum atomic E-state index is 11.8. The third kappa shape index (κ3) is 3.12. The van der Waals surface area contributed by atoms with Gasteiger partial charge in [0.05, 0.1) is 9.72 Å². The van der Waals surface area contributed by atoms with E-state index in [4.69, 9.17) is 21.1 Å². The van der Waals surface area contributed by atoms with E-state index >= 15 is 0 Å². The van der Waals surface area contributed by atoms with Gasteiger partial charge in [0, 0.05) is 0 Å². The van der Waals surface area contributed by atoms with E-state index in [1.165, 1.54) is 11.5 Å². The Morgan fingerprint density at radius 3 is 2.81 bits per heavy atom. The number of nitrogens with zero attached hydrogens (tertiary/aromatic N) is 2. The Bertz CT molecular complexity index is 776. The van der Waals surface area contributed by atoms with Crippen molar-refractivity contribution in [1.29, 1.82) is 0 Å². The van der Waals surface area contributed by atoms with E-state index in [0.717, 1.165) is 10.3 Å². The van der Waals surface area contributed by atoms with Crippen molar-refractivity contribution in [3.63, 3.8) is 0 Å². The lowest BCUT2D eigenvalue weighted by atomic mass is 10.2. The molecule has 2 aromatic carbocycles. The van der Waals surface area contributed by atoms with Gasteiger partial charge in [-0.25, -0.2) is 4.79 Å². The maximum Gasteiger partial charge on any atom is 0.514 e. The smallest absolute Gasteiger partial charge is 0.429 e. The first kappa shape index (κ1) is 13.8. The summed E-state index contributed by atoms with van der Waals surface area (Å²) in [5.41, 5.74) is 1.32. The molecule has 106 valence electrons. The van der Waals surface area contributed by atoms with Gasteiger partial charge in [-0.1, -0.05) is 46.4 Å². The Balaban J connectivity index is 1.72. The zero-order valence-corrected chi connectivity index (χ0v) is 12.2. The quantitative estimate of drug-likeness (QED) is 0.538. The van der Waals surface area contributed by atoms with Gasteiger partial charge in [0.15, 0.2) is 5.75 Å². The first-order valence-electron chi connectivity index (χ1n) is 6.03. The predicted molar refractivity (Wildman–Crippen MR) is 79.7 cm³/mol. The van der Waals surface area contributed by atoms with E-state index in [1.54, 1.807) is 12.1 Å². The molecular weight excluding hydrogens is 312 g/mol. The molecule has 21 heavy (non-hydrogen) atoms. The Morgan fingerprint density at radius 2 is 2.00 bits per heavy atom. The lowest BCUT2D eigenvalue weighted by Gasteiger charge is -2.07. The van der Waals surface area contributed by atoms with Crippen LogP contribution in [0.5, 0.6) is 5.75 Å². The topological polar surface area (TPSA) is 61.3 Å². The van der Waals surface area contributed by atoms with Crippen molar-refractivity contribution in [3.05, 3.63) is 53.1 Å². The van der Waals surface area contributed by atoms with Crippen molar-refractivity contribution in [2.45, 2.75) is 6.61 Å². The van der Waals surface area contributed by atoms with Gasteiger partial charge in [-0.2, -0.15) is 0 Å². The number of fused-ring (bicyclic) bond motifs is 1. The molecule has 0 aliphatic rings. The molecule has 3 aromatic rings. The van der Waals surface area contributed by atoms with Gasteiger partial charge in [-0.3, -0.25) is 0 Å². The average molecular weight is 321 g/mol. The van der Waals surface area contributed by atoms with Crippen LogP contribution in [0.3, 0.4) is 0 Å². The Hall–Kier alpha value is -2.18. The summed E-state index contributed by atoms with van der Waals surface area (Å²) in [5, 5.41) is 4.19. The van der Waals surface area contributed by atoms with Crippen LogP contribution in [-0.2, 0) is 11.3 Å². The van der Waals surface area contributed by atoms with Crippen LogP contribution in [0.4, 0.5) is 4.79 Å². The van der Waals surface area contributed by atoms with Gasteiger partial charge in [-0.05, 0) is 29.2 Å². The second-order valence-corrected chi connectivity index (χ2v) is 5.32. The van der Waals surface area contributed by atoms with Crippen molar-refractivity contribution >= 4 is 39.5 Å². The summed E-state index contributed by atoms with van der Waals surface area (Å²) in [6, 6.07) is 12.7. The second kappa shape index (κ2) is 6.07. The third-order valence-electron chi connectivity index (χ3n) is 2.71. The van der Waals surface area contributed by atoms with Crippen LogP contribution in [0, 0.1) is 0 Å². The average Bonchev–Trinajstić information content (AvgIpc) is 2.98. The van der Waals surface area contributed by atoms with E-state index in [-0.39, 0.29) is 17.4 Å². The third-order valence-corrected chi connectivity index (χ3v) is 3.70. The summed E-state index contributed by atoms with van der Waals surface area (Å²) in [7, 11) is 0. The van der Waals surface area contributed by atoms with Gasteiger partial charge in [-0.15, -0.1) is 5.10 Å². The summed E-state index contributed by atoms with van der Waals surface area (Å²) in [6.45, 7) is 0.128. The number of carbonyl (C=O) groups excluding carboxylic acids is 1. The Morgan fingerprint density at radius 1 is 1.19 bits per heavy atom. The van der Waals surface area contributed by atoms with Crippen molar-refractivity contribution in [2.24, 2.45) is 0 Å². The van der Waals surface area contributed by atoms with E-state index in [9.17, 15) is 4.79 Å². The molecule has 0 spiro atoms. The number of ether oxygens (including phenoxy) is 2. The van der Waals surface area contributed by atoms with Crippen LogP contribution in [0.25, 0.3) is 10.2 Å². The molecule has 0 N–H and O–H groups in total. The van der Waals surface area contributed by atoms with Crippen molar-refractivity contribution in [3.8, 4) is 5.75 Å². The standard InChI is InChI=1S/C14H9ClN2O3S/c15-10-6-7-11-12(16-17-21-11)13(10)20-14(18)19-8-9-4-2-1-3-5-9/h1-7H,8H2. The fourth-order valence-corrected chi connectivity index (χ4v) is 2.48. The minimum atomic E-state index is -0.832. The molecule has 7 heteroatoms. The SMILES string of the molecule is O=C(OCc1ccccc1)Oc1c(Cl)ccc2snnc12. The fourth-order valence-electron chi connectivity index (χ4n) is 1.73. The van der Waals surface area contributed by atoms with Crippen molar-refractivity contribution < 1.29 is 14.3 Å². The maximum absolute atomic E-state index is 11.8. The molecule has 3 rings (SSSR count). The molecule has 0 aliphatic carbocycles. The van der Waals surface area contributed by atoms with Crippen LogP contribution < -0.4 is 4.74 Å². The molecule has 0 bridgehead atoms. The summed E-state index contributed by atoms with van der Waals surface area (Å²) in [6.07, 6.45) is -0.832. The minimum Gasteiger partial charge on any atom is -0.429 e. The summed E-state index contributed by atoms with van der Waals surface area (Å²) >= 11 is 7.22. The number of halogens is 1. The Labute approximate surface area is 129 Å². The van der Waals surface area contributed by atoms with E-state index in [2.05, 4.69) is 9.59 Å². The molecule has 0 amide bonds. The molecule has 0 atom stereocenters. The Kier molecular flexibility index (Phi) is 3.98. The van der Waals surface area contributed by atoms with Gasteiger partial charge in [0.1, 0.15) is 12.1 Å². The number of carbonyl (C=O) groups is 1.